The zero-order valence-corrected chi connectivity index (χ0v) is 20.8. The number of halogens is 3. The monoisotopic (exact) mass is 505 g/mol. The number of imide groups is 2. The van der Waals surface area contributed by atoms with Crippen LogP contribution in [0.25, 0.3) is 6.08 Å². The molecule has 1 atom stereocenters. The van der Waals surface area contributed by atoms with Gasteiger partial charge in [0, 0.05) is 23.3 Å². The Kier molecular flexibility index (Phi) is 5.97. The normalized spacial score (nSPS) is 21.4. The number of amides is 4. The van der Waals surface area contributed by atoms with Crippen molar-refractivity contribution >= 4 is 70.1 Å². The molecule has 172 valence electrons. The first kappa shape index (κ1) is 23.6. The third-order valence-electron chi connectivity index (χ3n) is 6.33. The minimum absolute atomic E-state index is 0.0302. The number of hydrogen-bond acceptors (Lipinski definition) is 4. The highest BCUT2D eigenvalue weighted by Crippen LogP contribution is 2.44. The summed E-state index contributed by atoms with van der Waals surface area (Å²) in [5.41, 5.74) is 2.41. The number of benzene rings is 2. The molecule has 2 aliphatic heterocycles. The third-order valence-corrected chi connectivity index (χ3v) is 7.46. The average molecular weight is 507 g/mol. The van der Waals surface area contributed by atoms with Crippen molar-refractivity contribution in [3.8, 4) is 0 Å². The maximum atomic E-state index is 13.2. The van der Waals surface area contributed by atoms with Gasteiger partial charge < -0.3 is 4.90 Å². The predicted molar refractivity (Wildman–Crippen MR) is 132 cm³/mol. The van der Waals surface area contributed by atoms with Gasteiger partial charge in [0.25, 0.3) is 11.8 Å². The zero-order chi connectivity index (χ0) is 24.2. The van der Waals surface area contributed by atoms with Gasteiger partial charge in [-0.25, -0.2) is 9.69 Å². The van der Waals surface area contributed by atoms with Crippen molar-refractivity contribution in [1.82, 2.24) is 5.32 Å². The van der Waals surface area contributed by atoms with Gasteiger partial charge in [0.05, 0.1) is 15.7 Å². The summed E-state index contributed by atoms with van der Waals surface area (Å²) in [7, 11) is 2.02. The maximum Gasteiger partial charge on any atom is 0.336 e. The molecule has 4 rings (SSSR count). The molecule has 1 N–H and O–H groups in total. The van der Waals surface area contributed by atoms with E-state index in [-0.39, 0.29) is 32.8 Å². The summed E-state index contributed by atoms with van der Waals surface area (Å²) in [6.45, 7) is 6.49. The van der Waals surface area contributed by atoms with Gasteiger partial charge in [-0.2, -0.15) is 0 Å². The van der Waals surface area contributed by atoms with Gasteiger partial charge in [0.15, 0.2) is 0 Å². The van der Waals surface area contributed by atoms with Crippen LogP contribution in [0.1, 0.15) is 44.2 Å². The number of barbiturate groups is 1. The summed E-state index contributed by atoms with van der Waals surface area (Å²) in [5, 5.41) is 2.79. The number of urea groups is 1. The van der Waals surface area contributed by atoms with Crippen LogP contribution in [0.4, 0.5) is 16.2 Å². The molecule has 1 fully saturated rings. The highest BCUT2D eigenvalue weighted by molar-refractivity contribution is 6.46. The Morgan fingerprint density at radius 1 is 1.06 bits per heavy atom. The summed E-state index contributed by atoms with van der Waals surface area (Å²) >= 11 is 18.9. The highest BCUT2D eigenvalue weighted by Gasteiger charge is 2.39. The summed E-state index contributed by atoms with van der Waals surface area (Å²) < 4.78 is 0. The minimum atomic E-state index is -0.902. The summed E-state index contributed by atoms with van der Waals surface area (Å²) in [4.78, 5) is 41.3. The second-order valence-electron chi connectivity index (χ2n) is 8.94. The van der Waals surface area contributed by atoms with Gasteiger partial charge in [0.2, 0.25) is 0 Å². The fourth-order valence-corrected chi connectivity index (χ4v) is 5.00. The quantitative estimate of drug-likeness (QED) is 0.398. The molecule has 2 aromatic rings. The summed E-state index contributed by atoms with van der Waals surface area (Å²) in [6.07, 6.45) is 2.34. The molecule has 2 aromatic carbocycles. The summed E-state index contributed by atoms with van der Waals surface area (Å²) in [6, 6.07) is 7.42. The Morgan fingerprint density at radius 2 is 1.76 bits per heavy atom. The standard InChI is InChI=1S/C24H22Cl3N3O3/c1-12-11-24(2,3)29(4)19-10-17(26)13(8-14(12)19)9-15-21(31)28-23(33)30(22(15)32)18-7-5-6-16(25)20(18)27/h5-10,12H,11H2,1-4H3,(H,28,31,33)/b15-9+/t12-/m0/s1. The highest BCUT2D eigenvalue weighted by atomic mass is 35.5. The van der Waals surface area contributed by atoms with Crippen LogP contribution >= 0.6 is 34.8 Å². The lowest BCUT2D eigenvalue weighted by molar-refractivity contribution is -0.122. The molecule has 9 heteroatoms. The molecule has 0 aromatic heterocycles. The molecular formula is C24H22Cl3N3O3. The number of anilines is 2. The number of rotatable bonds is 2. The van der Waals surface area contributed by atoms with E-state index in [0.29, 0.717) is 10.6 Å². The number of nitrogens with one attached hydrogen (secondary N) is 1. The molecule has 4 amide bonds. The molecule has 0 saturated carbocycles. The van der Waals surface area contributed by atoms with Crippen molar-refractivity contribution in [1.29, 1.82) is 0 Å². The Bertz CT molecular complexity index is 1240. The van der Waals surface area contributed by atoms with Crippen molar-refractivity contribution in [2.75, 3.05) is 16.8 Å². The molecule has 2 aliphatic rings. The zero-order valence-electron chi connectivity index (χ0n) is 18.5. The molecule has 33 heavy (non-hydrogen) atoms. The first-order chi connectivity index (χ1) is 15.4. The smallest absolute Gasteiger partial charge is 0.336 e. The van der Waals surface area contributed by atoms with Crippen LogP contribution in [0.2, 0.25) is 15.1 Å². The van der Waals surface area contributed by atoms with Crippen LogP contribution < -0.4 is 15.1 Å². The van der Waals surface area contributed by atoms with Gasteiger partial charge in [-0.05, 0) is 67.7 Å². The van der Waals surface area contributed by atoms with Crippen LogP contribution in [0, 0.1) is 0 Å². The second kappa shape index (κ2) is 8.35. The van der Waals surface area contributed by atoms with Crippen molar-refractivity contribution in [3.63, 3.8) is 0 Å². The lowest BCUT2D eigenvalue weighted by Gasteiger charge is -2.45. The van der Waals surface area contributed by atoms with E-state index >= 15 is 0 Å². The van der Waals surface area contributed by atoms with E-state index < -0.39 is 17.8 Å². The van der Waals surface area contributed by atoms with Gasteiger partial charge >= 0.3 is 6.03 Å². The lowest BCUT2D eigenvalue weighted by Crippen LogP contribution is -2.54. The Morgan fingerprint density at radius 3 is 2.45 bits per heavy atom. The van der Waals surface area contributed by atoms with Crippen LogP contribution in [0.15, 0.2) is 35.9 Å². The first-order valence-electron chi connectivity index (χ1n) is 10.3. The molecule has 0 unspecified atom stereocenters. The lowest BCUT2D eigenvalue weighted by atomic mass is 9.80. The average Bonchev–Trinajstić information content (AvgIpc) is 2.72. The minimum Gasteiger partial charge on any atom is -0.369 e. The van der Waals surface area contributed by atoms with Gasteiger partial charge in [-0.1, -0.05) is 47.8 Å². The first-order valence-corrected chi connectivity index (χ1v) is 11.5. The van der Waals surface area contributed by atoms with Gasteiger partial charge in [-0.3, -0.25) is 14.9 Å². The topological polar surface area (TPSA) is 69.7 Å². The molecule has 6 nitrogen and oxygen atoms in total. The summed E-state index contributed by atoms with van der Waals surface area (Å²) in [5.74, 6) is -1.37. The predicted octanol–water partition coefficient (Wildman–Crippen LogP) is 6.04. The van der Waals surface area contributed by atoms with Crippen LogP contribution in [0.5, 0.6) is 0 Å². The fourth-order valence-electron chi connectivity index (χ4n) is 4.41. The van der Waals surface area contributed by atoms with E-state index in [0.717, 1.165) is 22.6 Å². The second-order valence-corrected chi connectivity index (χ2v) is 10.1. The van der Waals surface area contributed by atoms with E-state index in [1.54, 1.807) is 6.07 Å². The molecule has 1 saturated heterocycles. The van der Waals surface area contributed by atoms with E-state index in [2.05, 4.69) is 31.0 Å². The molecule has 0 bridgehead atoms. The largest absolute Gasteiger partial charge is 0.369 e. The Hall–Kier alpha value is -2.54. The Labute approximate surface area is 207 Å². The van der Waals surface area contributed by atoms with Crippen molar-refractivity contribution in [2.24, 2.45) is 0 Å². The van der Waals surface area contributed by atoms with E-state index in [4.69, 9.17) is 34.8 Å². The van der Waals surface area contributed by atoms with Crippen LogP contribution in [0.3, 0.4) is 0 Å². The fraction of sp³-hybridized carbons (Fsp3) is 0.292. The number of nitrogens with zero attached hydrogens (tertiary/aromatic N) is 2. The van der Waals surface area contributed by atoms with E-state index in [1.807, 2.05) is 19.2 Å². The van der Waals surface area contributed by atoms with Crippen molar-refractivity contribution in [3.05, 3.63) is 62.1 Å². The van der Waals surface area contributed by atoms with Crippen LogP contribution in [-0.4, -0.2) is 30.4 Å². The molecule has 0 radical (unpaired) electrons. The maximum absolute atomic E-state index is 13.2. The molecule has 2 heterocycles. The van der Waals surface area contributed by atoms with Crippen molar-refractivity contribution in [2.45, 2.75) is 38.6 Å². The molecule has 0 spiro atoms. The number of carbonyl (C=O) groups excluding carboxylic acids is 3. The van der Waals surface area contributed by atoms with Gasteiger partial charge in [0.1, 0.15) is 5.57 Å². The molecular weight excluding hydrogens is 485 g/mol. The van der Waals surface area contributed by atoms with Gasteiger partial charge in [-0.15, -0.1) is 0 Å². The number of hydrogen-bond donors (Lipinski definition) is 1. The third kappa shape index (κ3) is 4.01. The number of fused-ring (bicyclic) bond motifs is 1. The number of carbonyl (C=O) groups is 3. The Balaban J connectivity index is 1.79. The van der Waals surface area contributed by atoms with Crippen LogP contribution in [-0.2, 0) is 9.59 Å². The van der Waals surface area contributed by atoms with E-state index in [1.165, 1.54) is 18.2 Å². The molecule has 0 aliphatic carbocycles. The van der Waals surface area contributed by atoms with E-state index in [9.17, 15) is 14.4 Å². The SMILES string of the molecule is C[C@H]1CC(C)(C)N(C)c2cc(Cl)c(/C=C3\C(=O)NC(=O)N(c4cccc(Cl)c4Cl)C3=O)cc21. The van der Waals surface area contributed by atoms with Crippen molar-refractivity contribution < 1.29 is 14.4 Å².